The van der Waals surface area contributed by atoms with Crippen molar-refractivity contribution in [3.63, 3.8) is 0 Å². The second kappa shape index (κ2) is 7.68. The molecular formula is C21H21N5O5S. The number of nitrogens with zero attached hydrogens (tertiary/aromatic N) is 4. The van der Waals surface area contributed by atoms with Crippen LogP contribution in [0.25, 0.3) is 10.9 Å². The van der Waals surface area contributed by atoms with E-state index in [0.717, 1.165) is 24.8 Å². The van der Waals surface area contributed by atoms with Gasteiger partial charge in [-0.05, 0) is 49.1 Å². The van der Waals surface area contributed by atoms with E-state index in [-0.39, 0.29) is 22.2 Å². The number of H-pyrrole nitrogens is 1. The first-order valence-corrected chi connectivity index (χ1v) is 11.9. The molecule has 166 valence electrons. The third-order valence-corrected chi connectivity index (χ3v) is 8.00. The normalized spacial score (nSPS) is 16.9. The average Bonchev–Trinajstić information content (AvgIpc) is 3.42. The molecule has 1 aromatic heterocycles. The Morgan fingerprint density at radius 1 is 1.06 bits per heavy atom. The summed E-state index contributed by atoms with van der Waals surface area (Å²) in [5.74, 6) is -0.387. The molecule has 0 saturated carbocycles. The summed E-state index contributed by atoms with van der Waals surface area (Å²) in [7, 11) is -3.56. The van der Waals surface area contributed by atoms with E-state index in [1.54, 1.807) is 23.1 Å². The monoisotopic (exact) mass is 455 g/mol. The Bertz CT molecular complexity index is 1340. The number of hydrogen-bond donors (Lipinski definition) is 1. The highest BCUT2D eigenvalue weighted by Gasteiger charge is 2.32. The third-order valence-electron chi connectivity index (χ3n) is 6.10. The van der Waals surface area contributed by atoms with Crippen LogP contribution in [0.3, 0.4) is 0 Å². The summed E-state index contributed by atoms with van der Waals surface area (Å²) < 4.78 is 27.5. The van der Waals surface area contributed by atoms with Gasteiger partial charge in [0.25, 0.3) is 11.6 Å². The maximum Gasteiger partial charge on any atom is 0.279 e. The van der Waals surface area contributed by atoms with Crippen molar-refractivity contribution in [3.05, 3.63) is 57.8 Å². The summed E-state index contributed by atoms with van der Waals surface area (Å²) in [6, 6.07) is 9.06. The summed E-state index contributed by atoms with van der Waals surface area (Å²) in [4.78, 5) is 25.6. The number of aromatic amines is 1. The quantitative estimate of drug-likeness (QED) is 0.476. The molecule has 3 heterocycles. The summed E-state index contributed by atoms with van der Waals surface area (Å²) in [6.45, 7) is 1.44. The molecule has 1 saturated heterocycles. The van der Waals surface area contributed by atoms with Gasteiger partial charge >= 0.3 is 0 Å². The van der Waals surface area contributed by atoms with Gasteiger partial charge in [-0.25, -0.2) is 8.42 Å². The predicted molar refractivity (Wildman–Crippen MR) is 117 cm³/mol. The summed E-state index contributed by atoms with van der Waals surface area (Å²) in [5.41, 5.74) is 1.92. The van der Waals surface area contributed by atoms with Crippen LogP contribution in [0.2, 0.25) is 0 Å². The minimum Gasteiger partial charge on any atom is -0.306 e. The molecule has 32 heavy (non-hydrogen) atoms. The number of piperidine rings is 1. The topological polar surface area (TPSA) is 130 Å². The first-order chi connectivity index (χ1) is 15.4. The Morgan fingerprint density at radius 2 is 1.84 bits per heavy atom. The Kier molecular flexibility index (Phi) is 4.94. The lowest BCUT2D eigenvalue weighted by molar-refractivity contribution is -0.384. The predicted octanol–water partition coefficient (Wildman–Crippen LogP) is 2.85. The molecular weight excluding hydrogens is 434 g/mol. The molecule has 0 radical (unpaired) electrons. The minimum atomic E-state index is -3.56. The summed E-state index contributed by atoms with van der Waals surface area (Å²) >= 11 is 0. The van der Waals surface area contributed by atoms with Gasteiger partial charge < -0.3 is 4.90 Å². The first-order valence-electron chi connectivity index (χ1n) is 10.4. The van der Waals surface area contributed by atoms with Gasteiger partial charge in [-0.2, -0.15) is 9.40 Å². The summed E-state index contributed by atoms with van der Waals surface area (Å²) in [5, 5.41) is 18.3. The number of hydrogen-bond acceptors (Lipinski definition) is 6. The fourth-order valence-corrected chi connectivity index (χ4v) is 5.98. The van der Waals surface area contributed by atoms with Crippen LogP contribution in [-0.4, -0.2) is 53.4 Å². The van der Waals surface area contributed by atoms with Crippen molar-refractivity contribution in [1.29, 1.82) is 0 Å². The molecule has 5 rings (SSSR count). The Morgan fingerprint density at radius 3 is 2.59 bits per heavy atom. The van der Waals surface area contributed by atoms with Crippen molar-refractivity contribution >= 4 is 38.2 Å². The molecule has 1 fully saturated rings. The van der Waals surface area contributed by atoms with Gasteiger partial charge in [-0.15, -0.1) is 0 Å². The van der Waals surface area contributed by atoms with Crippen molar-refractivity contribution in [3.8, 4) is 0 Å². The number of anilines is 1. The maximum absolute atomic E-state index is 13.2. The molecule has 2 aromatic carbocycles. The van der Waals surface area contributed by atoms with Crippen LogP contribution in [0.5, 0.6) is 0 Å². The van der Waals surface area contributed by atoms with Crippen molar-refractivity contribution < 1.29 is 18.1 Å². The zero-order valence-electron chi connectivity index (χ0n) is 17.2. The van der Waals surface area contributed by atoms with E-state index in [0.29, 0.717) is 42.6 Å². The van der Waals surface area contributed by atoms with E-state index >= 15 is 0 Å². The van der Waals surface area contributed by atoms with Crippen molar-refractivity contribution in [2.45, 2.75) is 30.6 Å². The lowest BCUT2D eigenvalue weighted by Gasteiger charge is -2.26. The lowest BCUT2D eigenvalue weighted by Crippen LogP contribution is -2.35. The first kappa shape index (κ1) is 20.6. The third kappa shape index (κ3) is 3.33. The van der Waals surface area contributed by atoms with Crippen LogP contribution in [-0.2, 0) is 16.4 Å². The maximum atomic E-state index is 13.2. The number of nitrogens with one attached hydrogen (secondary N) is 1. The van der Waals surface area contributed by atoms with Crippen LogP contribution in [0.1, 0.15) is 35.3 Å². The summed E-state index contributed by atoms with van der Waals surface area (Å²) in [6.07, 6.45) is 3.29. The van der Waals surface area contributed by atoms with Crippen LogP contribution >= 0.6 is 0 Å². The van der Waals surface area contributed by atoms with Gasteiger partial charge in [0.05, 0.1) is 15.3 Å². The van der Waals surface area contributed by atoms with Gasteiger partial charge in [0.2, 0.25) is 10.0 Å². The molecule has 2 aliphatic heterocycles. The molecule has 0 bridgehead atoms. The molecule has 10 nitrogen and oxygen atoms in total. The second-order valence-corrected chi connectivity index (χ2v) is 9.96. The minimum absolute atomic E-state index is 0.0987. The number of aromatic nitrogens is 2. The number of amides is 1. The smallest absolute Gasteiger partial charge is 0.279 e. The zero-order chi connectivity index (χ0) is 22.5. The van der Waals surface area contributed by atoms with Gasteiger partial charge in [0.1, 0.15) is 0 Å². The van der Waals surface area contributed by atoms with E-state index in [2.05, 4.69) is 10.2 Å². The van der Waals surface area contributed by atoms with E-state index in [9.17, 15) is 23.3 Å². The Hall–Kier alpha value is -3.31. The van der Waals surface area contributed by atoms with Crippen molar-refractivity contribution in [1.82, 2.24) is 14.5 Å². The average molecular weight is 455 g/mol. The van der Waals surface area contributed by atoms with Gasteiger partial charge in [-0.3, -0.25) is 20.0 Å². The van der Waals surface area contributed by atoms with Crippen LogP contribution < -0.4 is 4.90 Å². The molecule has 1 amide bonds. The number of carbonyl (C=O) groups is 1. The highest BCUT2D eigenvalue weighted by molar-refractivity contribution is 7.89. The number of carbonyl (C=O) groups excluding carboxylic acids is 1. The molecule has 0 unspecified atom stereocenters. The van der Waals surface area contributed by atoms with Crippen molar-refractivity contribution in [2.24, 2.45) is 0 Å². The van der Waals surface area contributed by atoms with Gasteiger partial charge in [0, 0.05) is 42.8 Å². The fourth-order valence-electron chi connectivity index (χ4n) is 4.41. The molecule has 2 aliphatic rings. The molecule has 11 heteroatoms. The molecule has 3 aromatic rings. The zero-order valence-corrected chi connectivity index (χ0v) is 18.0. The van der Waals surface area contributed by atoms with E-state index in [1.807, 2.05) is 0 Å². The largest absolute Gasteiger partial charge is 0.306 e. The van der Waals surface area contributed by atoms with E-state index in [4.69, 9.17) is 0 Å². The van der Waals surface area contributed by atoms with Crippen LogP contribution in [0.15, 0.2) is 41.3 Å². The van der Waals surface area contributed by atoms with E-state index < -0.39 is 14.9 Å². The SMILES string of the molecule is O=C(c1n[nH]c2ccc([N+](=O)[O-])cc12)N1CCc2cc(S(=O)(=O)N3CCCCC3)ccc21. The molecule has 0 spiro atoms. The lowest BCUT2D eigenvalue weighted by atomic mass is 10.1. The van der Waals surface area contributed by atoms with Crippen molar-refractivity contribution in [2.75, 3.05) is 24.5 Å². The highest BCUT2D eigenvalue weighted by Crippen LogP contribution is 2.33. The van der Waals surface area contributed by atoms with E-state index in [1.165, 1.54) is 22.5 Å². The number of non-ortho nitro benzene ring substituents is 1. The molecule has 0 atom stereocenters. The number of nitro benzene ring substituents is 1. The number of benzene rings is 2. The van der Waals surface area contributed by atoms with Gasteiger partial charge in [0.15, 0.2) is 5.69 Å². The van der Waals surface area contributed by atoms with Crippen LogP contribution in [0.4, 0.5) is 11.4 Å². The number of nitro groups is 1. The number of rotatable bonds is 4. The number of fused-ring (bicyclic) bond motifs is 2. The fraction of sp³-hybridized carbons (Fsp3) is 0.333. The van der Waals surface area contributed by atoms with Crippen LogP contribution in [0, 0.1) is 10.1 Å². The number of sulfonamides is 1. The molecule has 0 aliphatic carbocycles. The molecule has 1 N–H and O–H groups in total. The van der Waals surface area contributed by atoms with Gasteiger partial charge in [-0.1, -0.05) is 6.42 Å². The highest BCUT2D eigenvalue weighted by atomic mass is 32.2. The standard InChI is InChI=1S/C21H21N5O5S/c27-21(20-17-13-15(26(28)29)4-6-18(17)22-23-20)25-11-8-14-12-16(5-7-19(14)25)32(30,31)24-9-2-1-3-10-24/h4-7,12-13H,1-3,8-11H2,(H,22,23). The Balaban J connectivity index is 1.46. The second-order valence-electron chi connectivity index (χ2n) is 8.02. The Labute approximate surface area is 184 Å².